The summed E-state index contributed by atoms with van der Waals surface area (Å²) in [6.45, 7) is 6.80. The molecule has 1 aliphatic rings. The highest BCUT2D eigenvalue weighted by molar-refractivity contribution is 5.39. The molecular formula is C14H21F3N2. The lowest BCUT2D eigenvalue weighted by atomic mass is 9.96. The van der Waals surface area contributed by atoms with Crippen LogP contribution in [0.4, 0.5) is 19.0 Å². The van der Waals surface area contributed by atoms with Crippen LogP contribution in [-0.4, -0.2) is 24.2 Å². The highest BCUT2D eigenvalue weighted by Crippen LogP contribution is 2.34. The molecule has 0 spiro atoms. The van der Waals surface area contributed by atoms with Gasteiger partial charge in [0.15, 0.2) is 0 Å². The van der Waals surface area contributed by atoms with Gasteiger partial charge in [-0.25, -0.2) is 4.98 Å². The van der Waals surface area contributed by atoms with E-state index in [4.69, 9.17) is 0 Å². The maximum absolute atomic E-state index is 12.5. The lowest BCUT2D eigenvalue weighted by Gasteiger charge is -2.33. The third-order valence-electron chi connectivity index (χ3n) is 3.18. The third kappa shape index (κ3) is 4.40. The van der Waals surface area contributed by atoms with Crippen molar-refractivity contribution < 1.29 is 13.2 Å². The molecule has 5 heteroatoms. The fraction of sp³-hybridized carbons (Fsp3) is 0.643. The van der Waals surface area contributed by atoms with Crippen LogP contribution in [0.5, 0.6) is 0 Å². The van der Waals surface area contributed by atoms with E-state index in [1.54, 1.807) is 6.20 Å². The fourth-order valence-corrected chi connectivity index (χ4v) is 2.08. The molecule has 2 rings (SSSR count). The van der Waals surface area contributed by atoms with Crippen LogP contribution < -0.4 is 4.90 Å². The molecule has 0 N–H and O–H groups in total. The Morgan fingerprint density at radius 2 is 1.74 bits per heavy atom. The van der Waals surface area contributed by atoms with Crippen LogP contribution in [0.2, 0.25) is 0 Å². The van der Waals surface area contributed by atoms with Crippen molar-refractivity contribution in [2.75, 3.05) is 18.0 Å². The van der Waals surface area contributed by atoms with Gasteiger partial charge in [0.05, 0.1) is 5.92 Å². The van der Waals surface area contributed by atoms with Crippen molar-refractivity contribution in [3.05, 3.63) is 23.9 Å². The van der Waals surface area contributed by atoms with Crippen LogP contribution >= 0.6 is 0 Å². The van der Waals surface area contributed by atoms with Gasteiger partial charge in [0.1, 0.15) is 5.82 Å². The average molecular weight is 274 g/mol. The lowest BCUT2D eigenvalue weighted by molar-refractivity contribution is -0.179. The Balaban J connectivity index is 0.000000861. The maximum Gasteiger partial charge on any atom is 0.391 e. The Kier molecular flexibility index (Phi) is 5.63. The summed E-state index contributed by atoms with van der Waals surface area (Å²) in [5, 5.41) is 0. The molecule has 1 fully saturated rings. The number of anilines is 1. The van der Waals surface area contributed by atoms with Gasteiger partial charge in [-0.05, 0) is 31.4 Å². The van der Waals surface area contributed by atoms with Gasteiger partial charge in [0, 0.05) is 19.3 Å². The molecule has 1 aliphatic heterocycles. The molecule has 2 nitrogen and oxygen atoms in total. The number of halogens is 3. The van der Waals surface area contributed by atoms with Crippen molar-refractivity contribution >= 4 is 5.82 Å². The molecule has 1 saturated heterocycles. The molecule has 0 unspecified atom stereocenters. The number of aromatic nitrogens is 1. The molecule has 0 amide bonds. The molecule has 0 atom stereocenters. The summed E-state index contributed by atoms with van der Waals surface area (Å²) in [4.78, 5) is 6.15. The maximum atomic E-state index is 12.5. The quantitative estimate of drug-likeness (QED) is 0.763. The second-order valence-electron chi connectivity index (χ2n) is 4.50. The van der Waals surface area contributed by atoms with Crippen LogP contribution in [0.15, 0.2) is 18.3 Å². The summed E-state index contributed by atoms with van der Waals surface area (Å²) in [7, 11) is 0. The Hall–Kier alpha value is -1.26. The highest BCUT2D eigenvalue weighted by atomic mass is 19.4. The molecular weight excluding hydrogens is 253 g/mol. The first-order valence-corrected chi connectivity index (χ1v) is 6.71. The van der Waals surface area contributed by atoms with Gasteiger partial charge in [-0.3, -0.25) is 0 Å². The largest absolute Gasteiger partial charge is 0.391 e. The number of piperidine rings is 1. The number of aryl methyl sites for hydroxylation is 1. The van der Waals surface area contributed by atoms with E-state index in [0.717, 1.165) is 11.4 Å². The monoisotopic (exact) mass is 274 g/mol. The van der Waals surface area contributed by atoms with E-state index in [-0.39, 0.29) is 12.8 Å². The molecule has 0 aromatic carbocycles. The van der Waals surface area contributed by atoms with E-state index < -0.39 is 12.1 Å². The Morgan fingerprint density at radius 3 is 2.16 bits per heavy atom. The first-order chi connectivity index (χ1) is 8.97. The standard InChI is InChI=1S/C12H15F3N2.C2H6/c1-9-2-3-11(16-8-9)17-6-4-10(5-7-17)12(13,14)15;1-2/h2-3,8,10H,4-7H2,1H3;1-2H3. The number of rotatable bonds is 1. The number of hydrogen-bond donors (Lipinski definition) is 0. The predicted octanol–water partition coefficient (Wildman–Crippen LogP) is 4.19. The minimum absolute atomic E-state index is 0.166. The third-order valence-corrected chi connectivity index (χ3v) is 3.18. The smallest absolute Gasteiger partial charge is 0.357 e. The SMILES string of the molecule is CC.Cc1ccc(N2CCC(C(F)(F)F)CC2)nc1. The molecule has 2 heterocycles. The predicted molar refractivity (Wildman–Crippen MR) is 71.3 cm³/mol. The summed E-state index contributed by atoms with van der Waals surface area (Å²) in [6.07, 6.45) is -1.98. The molecule has 1 aromatic heterocycles. The van der Waals surface area contributed by atoms with Gasteiger partial charge in [-0.15, -0.1) is 0 Å². The summed E-state index contributed by atoms with van der Waals surface area (Å²) in [5.74, 6) is -0.375. The van der Waals surface area contributed by atoms with E-state index in [9.17, 15) is 13.2 Å². The first kappa shape index (κ1) is 15.8. The average Bonchev–Trinajstić information content (AvgIpc) is 2.41. The van der Waals surface area contributed by atoms with Crippen molar-refractivity contribution in [2.24, 2.45) is 5.92 Å². The van der Waals surface area contributed by atoms with Crippen LogP contribution in [0.1, 0.15) is 32.3 Å². The number of pyridine rings is 1. The lowest BCUT2D eigenvalue weighted by Crippen LogP contribution is -2.39. The molecule has 0 radical (unpaired) electrons. The molecule has 0 saturated carbocycles. The van der Waals surface area contributed by atoms with E-state index in [1.165, 1.54) is 0 Å². The minimum Gasteiger partial charge on any atom is -0.357 e. The van der Waals surface area contributed by atoms with Crippen molar-refractivity contribution in [2.45, 2.75) is 39.8 Å². The van der Waals surface area contributed by atoms with Gasteiger partial charge in [0.2, 0.25) is 0 Å². The van der Waals surface area contributed by atoms with Crippen LogP contribution in [0.25, 0.3) is 0 Å². The van der Waals surface area contributed by atoms with E-state index in [2.05, 4.69) is 4.98 Å². The number of nitrogens with zero attached hydrogens (tertiary/aromatic N) is 2. The van der Waals surface area contributed by atoms with Crippen molar-refractivity contribution in [3.8, 4) is 0 Å². The zero-order chi connectivity index (χ0) is 14.5. The van der Waals surface area contributed by atoms with Crippen LogP contribution in [0.3, 0.4) is 0 Å². The van der Waals surface area contributed by atoms with Crippen LogP contribution in [0, 0.1) is 12.8 Å². The summed E-state index contributed by atoms with van der Waals surface area (Å²) in [5.41, 5.74) is 1.05. The van der Waals surface area contributed by atoms with E-state index in [1.807, 2.05) is 37.8 Å². The molecule has 108 valence electrons. The Bertz CT molecular complexity index is 365. The van der Waals surface area contributed by atoms with Gasteiger partial charge in [-0.2, -0.15) is 13.2 Å². The summed E-state index contributed by atoms with van der Waals surface area (Å²) < 4.78 is 37.5. The fourth-order valence-electron chi connectivity index (χ4n) is 2.08. The van der Waals surface area contributed by atoms with Gasteiger partial charge in [0.25, 0.3) is 0 Å². The Morgan fingerprint density at radius 1 is 1.16 bits per heavy atom. The zero-order valence-corrected chi connectivity index (χ0v) is 11.7. The second-order valence-corrected chi connectivity index (χ2v) is 4.50. The topological polar surface area (TPSA) is 16.1 Å². The second kappa shape index (κ2) is 6.78. The highest BCUT2D eigenvalue weighted by Gasteiger charge is 2.41. The van der Waals surface area contributed by atoms with Gasteiger partial charge >= 0.3 is 6.18 Å². The minimum atomic E-state index is -4.05. The Labute approximate surface area is 112 Å². The summed E-state index contributed by atoms with van der Waals surface area (Å²) >= 11 is 0. The molecule has 0 aliphatic carbocycles. The van der Waals surface area contributed by atoms with Crippen molar-refractivity contribution in [3.63, 3.8) is 0 Å². The van der Waals surface area contributed by atoms with Crippen molar-refractivity contribution in [1.29, 1.82) is 0 Å². The van der Waals surface area contributed by atoms with E-state index >= 15 is 0 Å². The van der Waals surface area contributed by atoms with Crippen molar-refractivity contribution in [1.82, 2.24) is 4.98 Å². The molecule has 1 aromatic rings. The molecule has 0 bridgehead atoms. The summed E-state index contributed by atoms with van der Waals surface area (Å²) in [6, 6.07) is 3.79. The zero-order valence-electron chi connectivity index (χ0n) is 11.7. The van der Waals surface area contributed by atoms with Crippen LogP contribution in [-0.2, 0) is 0 Å². The first-order valence-electron chi connectivity index (χ1n) is 6.71. The normalized spacial score (nSPS) is 16.8. The molecule has 19 heavy (non-hydrogen) atoms. The van der Waals surface area contributed by atoms with Gasteiger partial charge in [-0.1, -0.05) is 19.9 Å². The number of alkyl halides is 3. The van der Waals surface area contributed by atoms with E-state index in [0.29, 0.717) is 13.1 Å². The van der Waals surface area contributed by atoms with Gasteiger partial charge < -0.3 is 4.90 Å². The number of hydrogen-bond acceptors (Lipinski definition) is 2.